The van der Waals surface area contributed by atoms with Crippen molar-refractivity contribution in [3.8, 4) is 0 Å². The summed E-state index contributed by atoms with van der Waals surface area (Å²) in [4.78, 5) is 26.2. The number of benzene rings is 1. The van der Waals surface area contributed by atoms with Gasteiger partial charge >= 0.3 is 0 Å². The molecule has 0 aliphatic heterocycles. The predicted octanol–water partition coefficient (Wildman–Crippen LogP) is 2.42. The summed E-state index contributed by atoms with van der Waals surface area (Å²) in [6.45, 7) is 4.71. The van der Waals surface area contributed by atoms with E-state index in [0.717, 1.165) is 53.7 Å². The first-order chi connectivity index (χ1) is 14.5. The van der Waals surface area contributed by atoms with E-state index >= 15 is 0 Å². The van der Waals surface area contributed by atoms with E-state index < -0.39 is 0 Å². The van der Waals surface area contributed by atoms with Crippen molar-refractivity contribution >= 4 is 40.3 Å². The van der Waals surface area contributed by atoms with Crippen LogP contribution in [0.15, 0.2) is 23.2 Å². The van der Waals surface area contributed by atoms with Crippen LogP contribution in [0.4, 0.5) is 5.82 Å². The number of nitrogens with zero attached hydrogens (tertiary/aromatic N) is 3. The number of amides is 1. The zero-order valence-corrected chi connectivity index (χ0v) is 18.5. The normalized spacial score (nSPS) is 18.7. The fourth-order valence-corrected chi connectivity index (χ4v) is 4.25. The Bertz CT molecular complexity index is 914. The lowest BCUT2D eigenvalue weighted by Gasteiger charge is -2.30. The van der Waals surface area contributed by atoms with E-state index in [1.54, 1.807) is 11.8 Å². The molecule has 9 heteroatoms. The Morgan fingerprint density at radius 2 is 2.07 bits per heavy atom. The van der Waals surface area contributed by atoms with Crippen LogP contribution in [0.2, 0.25) is 0 Å². The van der Waals surface area contributed by atoms with Crippen molar-refractivity contribution in [2.24, 2.45) is 16.5 Å². The Labute approximate surface area is 181 Å². The SMILES string of the molecule is CCSCCNC(=O)c1nc(NC2CCCCC2N=C(N)N)c2cc(C)ccc2n1. The van der Waals surface area contributed by atoms with E-state index in [-0.39, 0.29) is 29.8 Å². The molecule has 1 heterocycles. The van der Waals surface area contributed by atoms with Gasteiger partial charge in [0.05, 0.1) is 17.6 Å². The zero-order chi connectivity index (χ0) is 21.5. The molecule has 3 rings (SSSR count). The molecule has 0 bridgehead atoms. The first-order valence-corrected chi connectivity index (χ1v) is 11.6. The minimum absolute atomic E-state index is 0.0121. The number of aryl methyl sites for hydroxylation is 1. The van der Waals surface area contributed by atoms with E-state index in [2.05, 4.69) is 32.5 Å². The van der Waals surface area contributed by atoms with Crippen molar-refractivity contribution in [3.63, 3.8) is 0 Å². The molecule has 1 aliphatic rings. The number of carbonyl (C=O) groups is 1. The molecule has 8 nitrogen and oxygen atoms in total. The number of fused-ring (bicyclic) bond motifs is 1. The fraction of sp³-hybridized carbons (Fsp3) is 0.524. The number of nitrogens with one attached hydrogen (secondary N) is 2. The van der Waals surface area contributed by atoms with Gasteiger partial charge in [0, 0.05) is 17.7 Å². The van der Waals surface area contributed by atoms with Crippen LogP contribution in [0, 0.1) is 6.92 Å². The molecule has 0 radical (unpaired) electrons. The smallest absolute Gasteiger partial charge is 0.289 e. The molecule has 1 aromatic carbocycles. The molecule has 1 saturated carbocycles. The number of guanidine groups is 1. The quantitative estimate of drug-likeness (QED) is 0.288. The number of thioether (sulfide) groups is 1. The van der Waals surface area contributed by atoms with Crippen LogP contribution in [0.5, 0.6) is 0 Å². The van der Waals surface area contributed by atoms with E-state index in [9.17, 15) is 4.79 Å². The number of rotatable bonds is 8. The van der Waals surface area contributed by atoms with Crippen LogP contribution >= 0.6 is 11.8 Å². The van der Waals surface area contributed by atoms with Crippen molar-refractivity contribution in [1.29, 1.82) is 0 Å². The van der Waals surface area contributed by atoms with Crippen molar-refractivity contribution < 1.29 is 4.79 Å². The summed E-state index contributed by atoms with van der Waals surface area (Å²) < 4.78 is 0. The average molecular weight is 430 g/mol. The molecule has 1 aliphatic carbocycles. The second kappa shape index (κ2) is 10.5. The molecule has 2 atom stereocenters. The Balaban J connectivity index is 1.90. The number of hydrogen-bond acceptors (Lipinski definition) is 6. The summed E-state index contributed by atoms with van der Waals surface area (Å²) >= 11 is 1.78. The third-order valence-corrected chi connectivity index (χ3v) is 6.06. The molecule has 0 saturated heterocycles. The van der Waals surface area contributed by atoms with Gasteiger partial charge in [-0.1, -0.05) is 31.4 Å². The van der Waals surface area contributed by atoms with Crippen molar-refractivity contribution in [2.75, 3.05) is 23.4 Å². The largest absolute Gasteiger partial charge is 0.370 e. The predicted molar refractivity (Wildman–Crippen MR) is 125 cm³/mol. The fourth-order valence-electron chi connectivity index (χ4n) is 3.72. The Kier molecular flexibility index (Phi) is 7.73. The Morgan fingerprint density at radius 3 is 2.83 bits per heavy atom. The van der Waals surface area contributed by atoms with Gasteiger partial charge in [-0.2, -0.15) is 11.8 Å². The lowest BCUT2D eigenvalue weighted by molar-refractivity contribution is 0.0946. The van der Waals surface area contributed by atoms with Gasteiger partial charge in [-0.3, -0.25) is 4.79 Å². The highest BCUT2D eigenvalue weighted by atomic mass is 32.2. The van der Waals surface area contributed by atoms with Gasteiger partial charge in [-0.25, -0.2) is 15.0 Å². The average Bonchev–Trinajstić information content (AvgIpc) is 2.72. The molecule has 1 aromatic heterocycles. The lowest BCUT2D eigenvalue weighted by atomic mass is 9.90. The van der Waals surface area contributed by atoms with Crippen molar-refractivity contribution in [1.82, 2.24) is 15.3 Å². The van der Waals surface area contributed by atoms with Gasteiger partial charge in [0.1, 0.15) is 5.82 Å². The molecule has 6 N–H and O–H groups in total. The third-order valence-electron chi connectivity index (χ3n) is 5.16. The number of hydrogen-bond donors (Lipinski definition) is 4. The maximum absolute atomic E-state index is 12.6. The van der Waals surface area contributed by atoms with Gasteiger partial charge in [0.15, 0.2) is 5.96 Å². The van der Waals surface area contributed by atoms with Gasteiger partial charge in [-0.15, -0.1) is 0 Å². The number of nitrogens with two attached hydrogens (primary N) is 2. The number of carbonyl (C=O) groups excluding carboxylic acids is 1. The minimum atomic E-state index is -0.262. The maximum Gasteiger partial charge on any atom is 0.289 e. The number of anilines is 1. The maximum atomic E-state index is 12.6. The molecule has 162 valence electrons. The first-order valence-electron chi connectivity index (χ1n) is 10.5. The summed E-state index contributed by atoms with van der Waals surface area (Å²) in [7, 11) is 0. The summed E-state index contributed by atoms with van der Waals surface area (Å²) in [5, 5.41) is 7.32. The van der Waals surface area contributed by atoms with Crippen LogP contribution in [0.1, 0.15) is 48.8 Å². The highest BCUT2D eigenvalue weighted by molar-refractivity contribution is 7.99. The summed E-state index contributed by atoms with van der Waals surface area (Å²) in [6, 6.07) is 5.99. The van der Waals surface area contributed by atoms with Crippen molar-refractivity contribution in [3.05, 3.63) is 29.6 Å². The molecule has 1 fully saturated rings. The molecular formula is C21H31N7OS. The van der Waals surface area contributed by atoms with E-state index in [1.165, 1.54) is 0 Å². The zero-order valence-electron chi connectivity index (χ0n) is 17.6. The molecule has 2 unspecified atom stereocenters. The lowest BCUT2D eigenvalue weighted by Crippen LogP contribution is -2.38. The highest BCUT2D eigenvalue weighted by Crippen LogP contribution is 2.28. The van der Waals surface area contributed by atoms with Crippen LogP contribution < -0.4 is 22.1 Å². The third kappa shape index (κ3) is 5.75. The first kappa shape index (κ1) is 22.1. The molecule has 1 amide bonds. The van der Waals surface area contributed by atoms with Crippen LogP contribution in [-0.4, -0.2) is 52.0 Å². The number of aromatic nitrogens is 2. The van der Waals surface area contributed by atoms with E-state index in [4.69, 9.17) is 11.5 Å². The Morgan fingerprint density at radius 1 is 1.27 bits per heavy atom. The van der Waals surface area contributed by atoms with Crippen LogP contribution in [-0.2, 0) is 0 Å². The van der Waals surface area contributed by atoms with Crippen LogP contribution in [0.25, 0.3) is 10.9 Å². The highest BCUT2D eigenvalue weighted by Gasteiger charge is 2.26. The molecule has 2 aromatic rings. The van der Waals surface area contributed by atoms with Gasteiger partial charge in [0.2, 0.25) is 5.82 Å². The van der Waals surface area contributed by atoms with Gasteiger partial charge < -0.3 is 22.1 Å². The van der Waals surface area contributed by atoms with E-state index in [0.29, 0.717) is 12.4 Å². The molecular weight excluding hydrogens is 398 g/mol. The summed E-state index contributed by atoms with van der Waals surface area (Å²) in [5.74, 6) is 2.55. The molecule has 30 heavy (non-hydrogen) atoms. The van der Waals surface area contributed by atoms with E-state index in [1.807, 2.05) is 25.1 Å². The van der Waals surface area contributed by atoms with Crippen LogP contribution in [0.3, 0.4) is 0 Å². The summed E-state index contributed by atoms with van der Waals surface area (Å²) in [5.41, 5.74) is 13.1. The van der Waals surface area contributed by atoms with Crippen molar-refractivity contribution in [2.45, 2.75) is 51.6 Å². The number of aliphatic imine (C=N–C) groups is 1. The second-order valence-electron chi connectivity index (χ2n) is 7.53. The second-order valence-corrected chi connectivity index (χ2v) is 8.92. The topological polar surface area (TPSA) is 131 Å². The Hall–Kier alpha value is -2.55. The standard InChI is InChI=1S/C21H31N7OS/c1-3-30-11-10-24-20(29)19-25-15-9-8-13(2)12-14(15)18(28-19)26-16-6-4-5-7-17(16)27-21(22)23/h8-9,12,16-17H,3-7,10-11H2,1-2H3,(H,24,29)(H4,22,23,27)(H,25,26,28). The minimum Gasteiger partial charge on any atom is -0.370 e. The van der Waals surface area contributed by atoms with Gasteiger partial charge in [0.25, 0.3) is 5.91 Å². The van der Waals surface area contributed by atoms with Gasteiger partial charge in [-0.05, 0) is 37.7 Å². The molecule has 0 spiro atoms. The monoisotopic (exact) mass is 429 g/mol. The summed E-state index contributed by atoms with van der Waals surface area (Å²) in [6.07, 6.45) is 4.04.